The quantitative estimate of drug-likeness (QED) is 0.844. The number of halogens is 1. The molecule has 0 aliphatic heterocycles. The van der Waals surface area contributed by atoms with Crippen LogP contribution in [-0.4, -0.2) is 21.3 Å². The first-order chi connectivity index (χ1) is 8.16. The second kappa shape index (κ2) is 5.18. The van der Waals surface area contributed by atoms with Crippen molar-refractivity contribution in [3.63, 3.8) is 0 Å². The number of nitrogen functional groups attached to an aromatic ring is 1. The highest BCUT2D eigenvalue weighted by atomic mass is 79.9. The van der Waals surface area contributed by atoms with E-state index in [2.05, 4.69) is 31.4 Å². The first kappa shape index (κ1) is 11.9. The molecule has 0 radical (unpaired) electrons. The lowest BCUT2D eigenvalue weighted by Gasteiger charge is -2.09. The van der Waals surface area contributed by atoms with Crippen molar-refractivity contribution < 1.29 is 0 Å². The van der Waals surface area contributed by atoms with Crippen LogP contribution in [0.25, 0.3) is 0 Å². The third kappa shape index (κ3) is 2.97. The summed E-state index contributed by atoms with van der Waals surface area (Å²) in [6, 6.07) is 5.75. The largest absolute Gasteiger partial charge is 0.397 e. The van der Waals surface area contributed by atoms with Crippen LogP contribution in [0.4, 0.5) is 11.4 Å². The molecule has 0 aliphatic carbocycles. The molecule has 1 aromatic heterocycles. The van der Waals surface area contributed by atoms with Gasteiger partial charge in [-0.15, -0.1) is 10.2 Å². The number of nitrogens with two attached hydrogens (primary N) is 1. The van der Waals surface area contributed by atoms with Gasteiger partial charge in [0.1, 0.15) is 12.2 Å². The molecule has 0 aliphatic rings. The van der Waals surface area contributed by atoms with Crippen LogP contribution in [0.3, 0.4) is 0 Å². The molecule has 1 aromatic carbocycles. The lowest BCUT2D eigenvalue weighted by Crippen LogP contribution is -2.09. The van der Waals surface area contributed by atoms with Crippen LogP contribution in [0.5, 0.6) is 0 Å². The van der Waals surface area contributed by atoms with Gasteiger partial charge in [-0.3, -0.25) is 0 Å². The Morgan fingerprint density at radius 2 is 2.29 bits per heavy atom. The van der Waals surface area contributed by atoms with Gasteiger partial charge in [0, 0.05) is 24.5 Å². The average molecular weight is 296 g/mol. The Morgan fingerprint density at radius 3 is 3.00 bits per heavy atom. The highest BCUT2D eigenvalue weighted by Crippen LogP contribution is 2.22. The van der Waals surface area contributed by atoms with Crippen molar-refractivity contribution in [2.24, 2.45) is 7.05 Å². The highest BCUT2D eigenvalue weighted by Gasteiger charge is 2.02. The monoisotopic (exact) mass is 295 g/mol. The van der Waals surface area contributed by atoms with Crippen LogP contribution in [0.2, 0.25) is 0 Å². The molecule has 0 amide bonds. The fourth-order valence-corrected chi connectivity index (χ4v) is 1.89. The number of hydrogen-bond acceptors (Lipinski definition) is 4. The smallest absolute Gasteiger partial charge is 0.134 e. The van der Waals surface area contributed by atoms with Crippen LogP contribution in [-0.2, 0) is 13.5 Å². The summed E-state index contributed by atoms with van der Waals surface area (Å²) in [6.07, 6.45) is 2.51. The van der Waals surface area contributed by atoms with Crippen molar-refractivity contribution in [1.29, 1.82) is 0 Å². The number of benzene rings is 1. The number of anilines is 2. The Labute approximate surface area is 108 Å². The highest BCUT2D eigenvalue weighted by molar-refractivity contribution is 9.10. The Morgan fingerprint density at radius 1 is 1.47 bits per heavy atom. The van der Waals surface area contributed by atoms with Gasteiger partial charge in [0.15, 0.2) is 0 Å². The molecule has 0 saturated carbocycles. The van der Waals surface area contributed by atoms with Crippen LogP contribution in [0.15, 0.2) is 29.0 Å². The van der Waals surface area contributed by atoms with Crippen LogP contribution in [0.1, 0.15) is 5.82 Å². The van der Waals surface area contributed by atoms with E-state index >= 15 is 0 Å². The van der Waals surface area contributed by atoms with Gasteiger partial charge in [0.2, 0.25) is 0 Å². The lowest BCUT2D eigenvalue weighted by molar-refractivity contribution is 0.788. The van der Waals surface area contributed by atoms with Gasteiger partial charge in [0.05, 0.1) is 11.4 Å². The number of hydrogen-bond donors (Lipinski definition) is 2. The minimum atomic E-state index is 0.742. The summed E-state index contributed by atoms with van der Waals surface area (Å²) < 4.78 is 2.92. The Balaban J connectivity index is 1.94. The van der Waals surface area contributed by atoms with E-state index in [1.807, 2.05) is 29.8 Å². The van der Waals surface area contributed by atoms with Gasteiger partial charge >= 0.3 is 0 Å². The molecule has 1 heterocycles. The number of aryl methyl sites for hydroxylation is 1. The van der Waals surface area contributed by atoms with E-state index in [-0.39, 0.29) is 0 Å². The molecule has 2 aromatic rings. The summed E-state index contributed by atoms with van der Waals surface area (Å²) in [5, 5.41) is 11.1. The molecule has 0 bridgehead atoms. The first-order valence-corrected chi connectivity index (χ1v) is 6.08. The van der Waals surface area contributed by atoms with E-state index in [1.165, 1.54) is 0 Å². The second-order valence-corrected chi connectivity index (χ2v) is 4.68. The number of rotatable bonds is 4. The SMILES string of the molecule is Cn1cnnc1CCNc1cc(Br)ccc1N. The molecule has 3 N–H and O–H groups in total. The van der Waals surface area contributed by atoms with Gasteiger partial charge in [0.25, 0.3) is 0 Å². The summed E-state index contributed by atoms with van der Waals surface area (Å²) in [7, 11) is 1.93. The maximum absolute atomic E-state index is 5.86. The van der Waals surface area contributed by atoms with E-state index in [0.717, 1.165) is 34.6 Å². The molecule has 90 valence electrons. The van der Waals surface area contributed by atoms with Crippen molar-refractivity contribution in [3.05, 3.63) is 34.8 Å². The van der Waals surface area contributed by atoms with Crippen molar-refractivity contribution in [1.82, 2.24) is 14.8 Å². The van der Waals surface area contributed by atoms with E-state index in [4.69, 9.17) is 5.73 Å². The van der Waals surface area contributed by atoms with E-state index in [0.29, 0.717) is 0 Å². The van der Waals surface area contributed by atoms with Gasteiger partial charge in [-0.25, -0.2) is 0 Å². The molecule has 0 saturated heterocycles. The predicted molar refractivity (Wildman–Crippen MR) is 71.8 cm³/mol. The van der Waals surface area contributed by atoms with E-state index in [9.17, 15) is 0 Å². The molecular weight excluding hydrogens is 282 g/mol. The zero-order valence-electron chi connectivity index (χ0n) is 9.52. The molecule has 0 atom stereocenters. The first-order valence-electron chi connectivity index (χ1n) is 5.28. The molecule has 2 rings (SSSR count). The average Bonchev–Trinajstić information content (AvgIpc) is 2.70. The van der Waals surface area contributed by atoms with Crippen LogP contribution in [0, 0.1) is 0 Å². The fraction of sp³-hybridized carbons (Fsp3) is 0.273. The molecule has 5 nitrogen and oxygen atoms in total. The predicted octanol–water partition coefficient (Wildman–Crippen LogP) is 1.81. The maximum Gasteiger partial charge on any atom is 0.134 e. The Bertz CT molecular complexity index is 508. The summed E-state index contributed by atoms with van der Waals surface area (Å²) in [5.41, 5.74) is 7.54. The van der Waals surface area contributed by atoms with Crippen LogP contribution < -0.4 is 11.1 Å². The van der Waals surface area contributed by atoms with Gasteiger partial charge in [-0.2, -0.15) is 0 Å². The van der Waals surface area contributed by atoms with Crippen molar-refractivity contribution in [3.8, 4) is 0 Å². The molecule has 17 heavy (non-hydrogen) atoms. The Kier molecular flexibility index (Phi) is 3.63. The topological polar surface area (TPSA) is 68.8 Å². The zero-order chi connectivity index (χ0) is 12.3. The normalized spacial score (nSPS) is 10.5. The third-order valence-electron chi connectivity index (χ3n) is 2.48. The minimum absolute atomic E-state index is 0.742. The summed E-state index contributed by atoms with van der Waals surface area (Å²) in [4.78, 5) is 0. The fourth-order valence-electron chi connectivity index (χ4n) is 1.52. The summed E-state index contributed by atoms with van der Waals surface area (Å²) in [6.45, 7) is 0.771. The standard InChI is InChI=1S/C11H14BrN5/c1-17-7-15-16-11(17)4-5-14-10-6-8(12)2-3-9(10)13/h2-3,6-7,14H,4-5,13H2,1H3. The number of aromatic nitrogens is 3. The zero-order valence-corrected chi connectivity index (χ0v) is 11.1. The molecule has 0 unspecified atom stereocenters. The minimum Gasteiger partial charge on any atom is -0.397 e. The second-order valence-electron chi connectivity index (χ2n) is 3.77. The van der Waals surface area contributed by atoms with Crippen molar-refractivity contribution in [2.45, 2.75) is 6.42 Å². The number of nitrogens with zero attached hydrogens (tertiary/aromatic N) is 3. The lowest BCUT2D eigenvalue weighted by atomic mass is 10.2. The van der Waals surface area contributed by atoms with Crippen molar-refractivity contribution in [2.75, 3.05) is 17.6 Å². The van der Waals surface area contributed by atoms with Crippen molar-refractivity contribution >= 4 is 27.3 Å². The number of nitrogens with one attached hydrogen (secondary N) is 1. The summed E-state index contributed by atoms with van der Waals surface area (Å²) >= 11 is 3.42. The van der Waals surface area contributed by atoms with E-state index < -0.39 is 0 Å². The molecular formula is C11H14BrN5. The molecule has 0 spiro atoms. The van der Waals surface area contributed by atoms with Gasteiger partial charge < -0.3 is 15.6 Å². The maximum atomic E-state index is 5.86. The Hall–Kier alpha value is -1.56. The molecule has 6 heteroatoms. The third-order valence-corrected chi connectivity index (χ3v) is 2.98. The van der Waals surface area contributed by atoms with Crippen LogP contribution >= 0.6 is 15.9 Å². The van der Waals surface area contributed by atoms with E-state index in [1.54, 1.807) is 6.33 Å². The molecule has 0 fully saturated rings. The summed E-state index contributed by atoms with van der Waals surface area (Å²) in [5.74, 6) is 0.950. The van der Waals surface area contributed by atoms with Gasteiger partial charge in [-0.05, 0) is 18.2 Å². The van der Waals surface area contributed by atoms with Gasteiger partial charge in [-0.1, -0.05) is 15.9 Å².